The molecule has 0 saturated heterocycles. The van der Waals surface area contributed by atoms with Crippen molar-refractivity contribution < 1.29 is 9.59 Å². The van der Waals surface area contributed by atoms with Crippen LogP contribution in [0.1, 0.15) is 54.4 Å². The van der Waals surface area contributed by atoms with Crippen molar-refractivity contribution in [2.75, 3.05) is 0 Å². The highest BCUT2D eigenvalue weighted by atomic mass is 35.5. The lowest BCUT2D eigenvalue weighted by Gasteiger charge is -2.33. The van der Waals surface area contributed by atoms with E-state index in [0.29, 0.717) is 18.0 Å². The maximum atomic E-state index is 13.8. The quantitative estimate of drug-likeness (QED) is 0.374. The molecule has 3 aromatic carbocycles. The molecule has 1 aliphatic carbocycles. The van der Waals surface area contributed by atoms with Crippen LogP contribution in [0.5, 0.6) is 0 Å². The number of nitrogens with zero attached hydrogens (tertiary/aromatic N) is 1. The van der Waals surface area contributed by atoms with E-state index in [-0.39, 0.29) is 24.3 Å². The van der Waals surface area contributed by atoms with Gasteiger partial charge in [0.1, 0.15) is 6.04 Å². The predicted octanol–water partition coefficient (Wildman–Crippen LogP) is 6.28. The van der Waals surface area contributed by atoms with Gasteiger partial charge in [0.05, 0.1) is 6.42 Å². The van der Waals surface area contributed by atoms with Gasteiger partial charge in [0.2, 0.25) is 11.8 Å². The van der Waals surface area contributed by atoms with Crippen LogP contribution in [0.25, 0.3) is 0 Å². The Bertz CT molecular complexity index is 1140. The van der Waals surface area contributed by atoms with Crippen LogP contribution in [0.3, 0.4) is 0 Å². The number of hydrogen-bond donors (Lipinski definition) is 1. The molecule has 0 aromatic heterocycles. The Labute approximate surface area is 219 Å². The summed E-state index contributed by atoms with van der Waals surface area (Å²) in [4.78, 5) is 29.4. The lowest BCUT2D eigenvalue weighted by Crippen LogP contribution is -2.53. The van der Waals surface area contributed by atoms with E-state index in [1.165, 1.54) is 6.42 Å². The van der Waals surface area contributed by atoms with E-state index in [4.69, 9.17) is 11.6 Å². The number of carbonyl (C=O) groups excluding carboxylic acids is 2. The Hall–Kier alpha value is -3.11. The Balaban J connectivity index is 1.65. The van der Waals surface area contributed by atoms with E-state index in [1.807, 2.05) is 85.8 Å². The minimum absolute atomic E-state index is 0.0708. The van der Waals surface area contributed by atoms with Crippen molar-refractivity contribution in [2.45, 2.75) is 70.5 Å². The standard InChI is InChI=1S/C31H35ClN2O2/c1-23-15-17-25(18-16-23)21-30(35)34(22-26-11-8-12-27(32)19-26)29(20-24-9-4-2-5-10-24)31(36)33-28-13-6-3-7-14-28/h2,4-5,8-12,15-19,28-29H,3,6-7,13-14,20-22H2,1H3,(H,33,36)/t29-/m1/s1. The zero-order chi connectivity index (χ0) is 25.3. The molecule has 0 radical (unpaired) electrons. The van der Waals surface area contributed by atoms with Gasteiger partial charge in [-0.1, -0.05) is 103 Å². The first kappa shape index (κ1) is 26.0. The van der Waals surface area contributed by atoms with Gasteiger partial charge in [-0.3, -0.25) is 9.59 Å². The molecule has 5 heteroatoms. The fourth-order valence-electron chi connectivity index (χ4n) is 4.91. The molecule has 1 atom stereocenters. The largest absolute Gasteiger partial charge is 0.352 e. The second-order valence-corrected chi connectivity index (χ2v) is 10.3. The highest BCUT2D eigenvalue weighted by molar-refractivity contribution is 6.30. The molecule has 1 N–H and O–H groups in total. The third-order valence-electron chi connectivity index (χ3n) is 6.94. The van der Waals surface area contributed by atoms with Crippen molar-refractivity contribution >= 4 is 23.4 Å². The van der Waals surface area contributed by atoms with Crippen LogP contribution in [0.2, 0.25) is 5.02 Å². The van der Waals surface area contributed by atoms with Crippen molar-refractivity contribution in [1.82, 2.24) is 10.2 Å². The molecule has 4 nitrogen and oxygen atoms in total. The fourth-order valence-corrected chi connectivity index (χ4v) is 5.13. The second kappa shape index (κ2) is 12.7. The Morgan fingerprint density at radius 3 is 2.28 bits per heavy atom. The molecule has 0 unspecified atom stereocenters. The van der Waals surface area contributed by atoms with Crippen LogP contribution in [-0.4, -0.2) is 28.8 Å². The molecule has 1 saturated carbocycles. The summed E-state index contributed by atoms with van der Waals surface area (Å²) < 4.78 is 0. The molecule has 0 spiro atoms. The predicted molar refractivity (Wildman–Crippen MR) is 146 cm³/mol. The van der Waals surface area contributed by atoms with E-state index in [2.05, 4.69) is 5.32 Å². The van der Waals surface area contributed by atoms with Crippen molar-refractivity contribution in [3.63, 3.8) is 0 Å². The average molecular weight is 503 g/mol. The SMILES string of the molecule is Cc1ccc(CC(=O)N(Cc2cccc(Cl)c2)[C@H](Cc2ccccc2)C(=O)NC2CCCCC2)cc1. The Morgan fingerprint density at radius 1 is 0.889 bits per heavy atom. The number of hydrogen-bond acceptors (Lipinski definition) is 2. The summed E-state index contributed by atoms with van der Waals surface area (Å²) in [6, 6.07) is 25.0. The van der Waals surface area contributed by atoms with Gasteiger partial charge in [-0.25, -0.2) is 0 Å². The summed E-state index contributed by atoms with van der Waals surface area (Å²) in [5.74, 6) is -0.149. The first-order valence-corrected chi connectivity index (χ1v) is 13.3. The average Bonchev–Trinajstić information content (AvgIpc) is 2.88. The smallest absolute Gasteiger partial charge is 0.243 e. The monoisotopic (exact) mass is 502 g/mol. The zero-order valence-corrected chi connectivity index (χ0v) is 21.7. The van der Waals surface area contributed by atoms with E-state index >= 15 is 0 Å². The highest BCUT2D eigenvalue weighted by Gasteiger charge is 2.32. The molecule has 188 valence electrons. The summed E-state index contributed by atoms with van der Waals surface area (Å²) in [7, 11) is 0. The van der Waals surface area contributed by atoms with Gasteiger partial charge in [0.25, 0.3) is 0 Å². The third kappa shape index (κ3) is 7.44. The normalized spacial score (nSPS) is 14.7. The molecule has 0 heterocycles. The zero-order valence-electron chi connectivity index (χ0n) is 21.0. The van der Waals surface area contributed by atoms with E-state index in [1.54, 1.807) is 4.90 Å². The highest BCUT2D eigenvalue weighted by Crippen LogP contribution is 2.21. The van der Waals surface area contributed by atoms with Crippen molar-refractivity contribution in [2.24, 2.45) is 0 Å². The van der Waals surface area contributed by atoms with Gasteiger partial charge in [-0.15, -0.1) is 0 Å². The third-order valence-corrected chi connectivity index (χ3v) is 7.18. The van der Waals surface area contributed by atoms with Crippen molar-refractivity contribution in [1.29, 1.82) is 0 Å². The van der Waals surface area contributed by atoms with Crippen LogP contribution in [0, 0.1) is 6.92 Å². The van der Waals surface area contributed by atoms with Gasteiger partial charge in [0.15, 0.2) is 0 Å². The number of benzene rings is 3. The molecule has 2 amide bonds. The van der Waals surface area contributed by atoms with Crippen LogP contribution >= 0.6 is 11.6 Å². The maximum absolute atomic E-state index is 13.8. The molecule has 0 bridgehead atoms. The topological polar surface area (TPSA) is 49.4 Å². The minimum atomic E-state index is -0.619. The van der Waals surface area contributed by atoms with E-state index in [0.717, 1.165) is 47.9 Å². The van der Waals surface area contributed by atoms with Gasteiger partial charge >= 0.3 is 0 Å². The molecule has 0 aliphatic heterocycles. The number of carbonyl (C=O) groups is 2. The van der Waals surface area contributed by atoms with Crippen molar-refractivity contribution in [3.8, 4) is 0 Å². The molecule has 1 fully saturated rings. The van der Waals surface area contributed by atoms with Crippen LogP contribution < -0.4 is 5.32 Å². The number of aryl methyl sites for hydroxylation is 1. The van der Waals surface area contributed by atoms with Gasteiger partial charge in [0, 0.05) is 24.0 Å². The summed E-state index contributed by atoms with van der Waals surface area (Å²) in [6.07, 6.45) is 6.17. The van der Waals surface area contributed by atoms with Crippen LogP contribution in [-0.2, 0) is 29.0 Å². The first-order chi connectivity index (χ1) is 17.5. The fraction of sp³-hybridized carbons (Fsp3) is 0.355. The van der Waals surface area contributed by atoms with Gasteiger partial charge in [-0.2, -0.15) is 0 Å². The van der Waals surface area contributed by atoms with E-state index < -0.39 is 6.04 Å². The minimum Gasteiger partial charge on any atom is -0.352 e. The Morgan fingerprint density at radius 2 is 1.58 bits per heavy atom. The summed E-state index contributed by atoms with van der Waals surface area (Å²) in [5.41, 5.74) is 4.02. The molecule has 1 aliphatic rings. The summed E-state index contributed by atoms with van der Waals surface area (Å²) in [6.45, 7) is 2.35. The van der Waals surface area contributed by atoms with Crippen LogP contribution in [0.15, 0.2) is 78.9 Å². The van der Waals surface area contributed by atoms with E-state index in [9.17, 15) is 9.59 Å². The number of amides is 2. The molecule has 4 rings (SSSR count). The molecular formula is C31H35ClN2O2. The molecular weight excluding hydrogens is 468 g/mol. The molecule has 3 aromatic rings. The lowest BCUT2D eigenvalue weighted by molar-refractivity contribution is -0.141. The first-order valence-electron chi connectivity index (χ1n) is 12.9. The lowest BCUT2D eigenvalue weighted by atomic mass is 9.94. The second-order valence-electron chi connectivity index (χ2n) is 9.86. The number of rotatable bonds is 9. The summed E-state index contributed by atoms with van der Waals surface area (Å²) >= 11 is 6.27. The van der Waals surface area contributed by atoms with Crippen molar-refractivity contribution in [3.05, 3.63) is 106 Å². The number of halogens is 1. The van der Waals surface area contributed by atoms with Crippen LogP contribution in [0.4, 0.5) is 0 Å². The van der Waals surface area contributed by atoms with Gasteiger partial charge in [-0.05, 0) is 48.6 Å². The maximum Gasteiger partial charge on any atom is 0.243 e. The number of nitrogens with one attached hydrogen (secondary N) is 1. The van der Waals surface area contributed by atoms with Gasteiger partial charge < -0.3 is 10.2 Å². The summed E-state index contributed by atoms with van der Waals surface area (Å²) in [5, 5.41) is 3.90. The Kier molecular flexibility index (Phi) is 9.18. The molecule has 36 heavy (non-hydrogen) atoms.